The molecule has 2 aliphatic heterocycles. The third-order valence-electron chi connectivity index (χ3n) is 5.66. The Hall–Kier alpha value is -3.57. The summed E-state index contributed by atoms with van der Waals surface area (Å²) in [6.45, 7) is 1.76. The van der Waals surface area contributed by atoms with Crippen LogP contribution in [0.5, 0.6) is 0 Å². The van der Waals surface area contributed by atoms with Gasteiger partial charge in [0.2, 0.25) is 13.2 Å². The monoisotopic (exact) mass is 663 g/mol. The lowest BCUT2D eigenvalue weighted by atomic mass is 9.98. The molecular formula is C25H28ClF2N5O8S2. The van der Waals surface area contributed by atoms with E-state index in [1.54, 1.807) is 32.9 Å². The van der Waals surface area contributed by atoms with E-state index in [0.29, 0.717) is 12.0 Å². The van der Waals surface area contributed by atoms with Crippen LogP contribution in [0, 0.1) is 5.41 Å². The van der Waals surface area contributed by atoms with Crippen molar-refractivity contribution in [2.45, 2.75) is 38.3 Å². The lowest BCUT2D eigenvalue weighted by molar-refractivity contribution is -0.173. The molecule has 0 aromatic carbocycles. The molecule has 18 heteroatoms. The number of carbonyl (C=O) groups is 5. The molecule has 2 atom stereocenters. The first-order valence-corrected chi connectivity index (χ1v) is 15.0. The van der Waals surface area contributed by atoms with Crippen LogP contribution in [0.3, 0.4) is 0 Å². The van der Waals surface area contributed by atoms with Crippen LogP contribution in [0.15, 0.2) is 34.0 Å². The van der Waals surface area contributed by atoms with Gasteiger partial charge >= 0.3 is 11.9 Å². The molecule has 0 radical (unpaired) electrons. The highest BCUT2D eigenvalue weighted by atomic mass is 35.5. The number of hydrogen-bond acceptors (Lipinski definition) is 12. The maximum absolute atomic E-state index is 13.3. The lowest BCUT2D eigenvalue weighted by Crippen LogP contribution is -2.71. The number of amides is 3. The number of alkyl halides is 3. The van der Waals surface area contributed by atoms with Crippen molar-refractivity contribution in [1.29, 1.82) is 0 Å². The Kier molecular flexibility index (Phi) is 12.0. The summed E-state index contributed by atoms with van der Waals surface area (Å²) in [4.78, 5) is 72.3. The number of carbonyl (C=O) groups excluding carboxylic acids is 5. The molecule has 234 valence electrons. The second-order valence-electron chi connectivity index (χ2n) is 9.80. The Labute approximate surface area is 258 Å². The van der Waals surface area contributed by atoms with Gasteiger partial charge < -0.3 is 24.9 Å². The number of aromatic nitrogens is 1. The van der Waals surface area contributed by atoms with Gasteiger partial charge in [0.25, 0.3) is 11.8 Å². The first-order chi connectivity index (χ1) is 20.5. The third kappa shape index (κ3) is 8.29. The number of rotatable bonds is 14. The Morgan fingerprint density at radius 3 is 2.63 bits per heavy atom. The highest BCUT2D eigenvalue weighted by molar-refractivity contribution is 8.00. The number of nitrogens with one attached hydrogen (secondary N) is 2. The number of hydrogen-bond donors (Lipinski definition) is 2. The highest BCUT2D eigenvalue weighted by Gasteiger charge is 2.54. The second kappa shape index (κ2) is 15.2. The van der Waals surface area contributed by atoms with Crippen LogP contribution in [0.25, 0.3) is 0 Å². The number of fused-ring (bicyclic) bond motifs is 1. The minimum absolute atomic E-state index is 0.0919. The van der Waals surface area contributed by atoms with Gasteiger partial charge in [-0.3, -0.25) is 24.1 Å². The zero-order chi connectivity index (χ0) is 31.7. The smallest absolute Gasteiger partial charge is 0.358 e. The lowest BCUT2D eigenvalue weighted by Gasteiger charge is -2.49. The summed E-state index contributed by atoms with van der Waals surface area (Å²) < 4.78 is 36.1. The fourth-order valence-electron chi connectivity index (χ4n) is 3.51. The van der Waals surface area contributed by atoms with E-state index in [4.69, 9.17) is 25.9 Å². The summed E-state index contributed by atoms with van der Waals surface area (Å²) in [6, 6.07) is -1.15. The number of thioether (sulfide) groups is 1. The standard InChI is InChI=1S/C25H28ClF2N5O8S2/c1-25(2,3)23(38)40-12-39-22(37)18-13(5-4-6-26)9-42-21-17(20(36)33(18)21)31-19(35)16(32-41-14(7-27)8-28)15-10-43-24(30-15)29-11-34/h4-5,10-11,14,17,21H,6-9,12H2,1-3H3,(H,31,35)(H,29,30,34)/b5-4+,32-16-/t17-,21+/m1/s1. The number of esters is 2. The molecule has 0 saturated carbocycles. The maximum atomic E-state index is 13.3. The Morgan fingerprint density at radius 2 is 2.00 bits per heavy atom. The number of β-lactam (4-membered cyclic amide) rings is 1. The van der Waals surface area contributed by atoms with Crippen molar-refractivity contribution in [3.05, 3.63) is 34.5 Å². The minimum atomic E-state index is -1.58. The van der Waals surface area contributed by atoms with Gasteiger partial charge in [-0.25, -0.2) is 18.6 Å². The Balaban J connectivity index is 1.80. The van der Waals surface area contributed by atoms with Crippen LogP contribution < -0.4 is 10.6 Å². The maximum Gasteiger partial charge on any atom is 0.358 e. The third-order valence-corrected chi connectivity index (χ3v) is 7.91. The molecule has 1 fully saturated rings. The normalized spacial score (nSPS) is 18.7. The van der Waals surface area contributed by atoms with Gasteiger partial charge in [0.15, 0.2) is 16.9 Å². The van der Waals surface area contributed by atoms with E-state index in [0.717, 1.165) is 16.2 Å². The predicted octanol–water partition coefficient (Wildman–Crippen LogP) is 2.28. The summed E-state index contributed by atoms with van der Waals surface area (Å²) in [7, 11) is 0. The fraction of sp³-hybridized carbons (Fsp3) is 0.480. The summed E-state index contributed by atoms with van der Waals surface area (Å²) in [5.41, 5.74) is -1.12. The quantitative estimate of drug-likeness (QED) is 0.0574. The molecule has 43 heavy (non-hydrogen) atoms. The molecule has 1 aromatic rings. The number of thiazole rings is 1. The van der Waals surface area contributed by atoms with Crippen LogP contribution >= 0.6 is 34.7 Å². The zero-order valence-corrected chi connectivity index (χ0v) is 25.5. The topological polar surface area (TPSA) is 166 Å². The summed E-state index contributed by atoms with van der Waals surface area (Å²) in [5, 5.41) is 9.08. The Morgan fingerprint density at radius 1 is 1.28 bits per heavy atom. The van der Waals surface area contributed by atoms with Crippen molar-refractivity contribution in [3.8, 4) is 0 Å². The number of ether oxygens (including phenoxy) is 2. The molecule has 1 aromatic heterocycles. The number of anilines is 1. The van der Waals surface area contributed by atoms with E-state index in [9.17, 15) is 32.8 Å². The van der Waals surface area contributed by atoms with Crippen molar-refractivity contribution in [2.75, 3.05) is 37.1 Å². The van der Waals surface area contributed by atoms with Gasteiger partial charge in [0, 0.05) is 17.0 Å². The van der Waals surface area contributed by atoms with Crippen molar-refractivity contribution in [3.63, 3.8) is 0 Å². The van der Waals surface area contributed by atoms with E-state index in [1.807, 2.05) is 0 Å². The summed E-state index contributed by atoms with van der Waals surface area (Å²) in [6.07, 6.45) is 1.92. The van der Waals surface area contributed by atoms with Gasteiger partial charge in [-0.05, 0) is 26.3 Å². The van der Waals surface area contributed by atoms with Gasteiger partial charge in [-0.15, -0.1) is 34.7 Å². The van der Waals surface area contributed by atoms with Crippen LogP contribution in [0.2, 0.25) is 0 Å². The molecule has 3 rings (SSSR count). The van der Waals surface area contributed by atoms with Crippen molar-refractivity contribution >= 4 is 75.7 Å². The number of nitrogens with zero attached hydrogens (tertiary/aromatic N) is 3. The first-order valence-electron chi connectivity index (χ1n) is 12.5. The number of halogens is 3. The molecule has 0 unspecified atom stereocenters. The SMILES string of the molecule is CC(C)(C)C(=O)OCOC(=O)C1=C(/C=C/CCl)CS[C@H]2[C@H](NC(=O)/C(=N\OC(CF)CF)c3csc(NC=O)n3)C(=O)N12. The zero-order valence-electron chi connectivity index (χ0n) is 23.1. The fourth-order valence-corrected chi connectivity index (χ4v) is 5.57. The molecule has 3 heterocycles. The Bertz CT molecular complexity index is 1330. The largest absolute Gasteiger partial charge is 0.427 e. The summed E-state index contributed by atoms with van der Waals surface area (Å²) in [5.74, 6) is -2.81. The average Bonchev–Trinajstić information content (AvgIpc) is 3.43. The van der Waals surface area contributed by atoms with E-state index in [1.165, 1.54) is 17.1 Å². The molecule has 2 N–H and O–H groups in total. The molecular weight excluding hydrogens is 636 g/mol. The number of allylic oxidation sites excluding steroid dienone is 2. The van der Waals surface area contributed by atoms with Crippen LogP contribution in [0.1, 0.15) is 26.5 Å². The summed E-state index contributed by atoms with van der Waals surface area (Å²) >= 11 is 7.93. The molecule has 2 aliphatic rings. The molecule has 0 spiro atoms. The average molecular weight is 664 g/mol. The molecule has 0 aliphatic carbocycles. The second-order valence-corrected chi connectivity index (χ2v) is 12.1. The van der Waals surface area contributed by atoms with E-state index < -0.39 is 72.5 Å². The van der Waals surface area contributed by atoms with Crippen LogP contribution in [-0.4, -0.2) is 95.1 Å². The van der Waals surface area contributed by atoms with Crippen LogP contribution in [0.4, 0.5) is 13.9 Å². The number of oxime groups is 1. The molecule has 13 nitrogen and oxygen atoms in total. The minimum Gasteiger partial charge on any atom is -0.427 e. The first kappa shape index (κ1) is 33.9. The van der Waals surface area contributed by atoms with E-state index in [2.05, 4.69) is 20.8 Å². The van der Waals surface area contributed by atoms with E-state index in [-0.39, 0.29) is 28.2 Å². The van der Waals surface area contributed by atoms with Gasteiger partial charge in [-0.1, -0.05) is 17.3 Å². The van der Waals surface area contributed by atoms with Gasteiger partial charge in [-0.2, -0.15) is 0 Å². The molecule has 0 bridgehead atoms. The van der Waals surface area contributed by atoms with Crippen molar-refractivity contribution in [1.82, 2.24) is 15.2 Å². The van der Waals surface area contributed by atoms with Gasteiger partial charge in [0.1, 0.15) is 36.2 Å². The van der Waals surface area contributed by atoms with Gasteiger partial charge in [0.05, 0.1) is 5.41 Å². The highest BCUT2D eigenvalue weighted by Crippen LogP contribution is 2.41. The molecule has 3 amide bonds. The van der Waals surface area contributed by atoms with Crippen molar-refractivity contribution < 1.29 is 47.1 Å². The van der Waals surface area contributed by atoms with Crippen molar-refractivity contribution in [2.24, 2.45) is 10.6 Å². The van der Waals surface area contributed by atoms with E-state index >= 15 is 0 Å². The predicted molar refractivity (Wildman–Crippen MR) is 154 cm³/mol. The van der Waals surface area contributed by atoms with Crippen LogP contribution in [-0.2, 0) is 38.3 Å². The molecule has 1 saturated heterocycles.